The SMILES string of the molecule is CCCCc1ccc(NC(=O)/C(C#N)=C\Nc2c(F)cccc2F)cc1. The molecule has 6 heteroatoms. The van der Waals surface area contributed by atoms with E-state index in [1.807, 2.05) is 12.1 Å². The number of hydrogen-bond acceptors (Lipinski definition) is 3. The summed E-state index contributed by atoms with van der Waals surface area (Å²) in [5.41, 5.74) is 0.974. The van der Waals surface area contributed by atoms with E-state index in [4.69, 9.17) is 5.26 Å². The van der Waals surface area contributed by atoms with E-state index in [1.165, 1.54) is 6.07 Å². The van der Waals surface area contributed by atoms with Crippen LogP contribution in [-0.2, 0) is 11.2 Å². The van der Waals surface area contributed by atoms with Crippen LogP contribution in [-0.4, -0.2) is 5.91 Å². The maximum Gasteiger partial charge on any atom is 0.267 e. The summed E-state index contributed by atoms with van der Waals surface area (Å²) in [4.78, 5) is 12.2. The largest absolute Gasteiger partial charge is 0.355 e. The van der Waals surface area contributed by atoms with Gasteiger partial charge in [-0.15, -0.1) is 0 Å². The number of nitrogens with zero attached hydrogens (tertiary/aromatic N) is 1. The third kappa shape index (κ3) is 5.15. The molecule has 134 valence electrons. The quantitative estimate of drug-likeness (QED) is 0.556. The van der Waals surface area contributed by atoms with Gasteiger partial charge in [0.25, 0.3) is 5.91 Å². The van der Waals surface area contributed by atoms with Gasteiger partial charge in [-0.3, -0.25) is 4.79 Å². The topological polar surface area (TPSA) is 64.9 Å². The molecule has 26 heavy (non-hydrogen) atoms. The molecule has 0 aromatic heterocycles. The summed E-state index contributed by atoms with van der Waals surface area (Å²) >= 11 is 0. The van der Waals surface area contributed by atoms with E-state index in [1.54, 1.807) is 18.2 Å². The van der Waals surface area contributed by atoms with Gasteiger partial charge in [0.2, 0.25) is 0 Å². The van der Waals surface area contributed by atoms with Crippen LogP contribution < -0.4 is 10.6 Å². The Hall–Kier alpha value is -3.20. The zero-order chi connectivity index (χ0) is 18.9. The molecule has 0 heterocycles. The Morgan fingerprint density at radius 3 is 2.38 bits per heavy atom. The van der Waals surface area contributed by atoms with Crippen molar-refractivity contribution in [3.63, 3.8) is 0 Å². The number of nitriles is 1. The van der Waals surface area contributed by atoms with Crippen molar-refractivity contribution in [1.29, 1.82) is 5.26 Å². The average Bonchev–Trinajstić information content (AvgIpc) is 2.63. The normalized spacial score (nSPS) is 10.9. The van der Waals surface area contributed by atoms with Crippen molar-refractivity contribution >= 4 is 17.3 Å². The number of unbranched alkanes of at least 4 members (excludes halogenated alkanes) is 1. The minimum atomic E-state index is -0.818. The number of carbonyl (C=O) groups is 1. The van der Waals surface area contributed by atoms with Crippen LogP contribution in [0.15, 0.2) is 54.2 Å². The molecule has 0 atom stereocenters. The second-order valence-electron chi connectivity index (χ2n) is 5.67. The van der Waals surface area contributed by atoms with E-state index in [9.17, 15) is 13.6 Å². The van der Waals surface area contributed by atoms with Gasteiger partial charge in [0.15, 0.2) is 0 Å². The van der Waals surface area contributed by atoms with Crippen molar-refractivity contribution < 1.29 is 13.6 Å². The van der Waals surface area contributed by atoms with Crippen LogP contribution >= 0.6 is 0 Å². The molecule has 0 saturated carbocycles. The van der Waals surface area contributed by atoms with Gasteiger partial charge in [-0.1, -0.05) is 31.5 Å². The zero-order valence-electron chi connectivity index (χ0n) is 14.4. The number of anilines is 2. The highest BCUT2D eigenvalue weighted by atomic mass is 19.1. The van der Waals surface area contributed by atoms with E-state index in [-0.39, 0.29) is 5.57 Å². The van der Waals surface area contributed by atoms with Gasteiger partial charge in [-0.2, -0.15) is 5.26 Å². The maximum atomic E-state index is 13.6. The first-order chi connectivity index (χ1) is 12.5. The first-order valence-corrected chi connectivity index (χ1v) is 8.26. The number of carbonyl (C=O) groups excluding carboxylic acids is 1. The maximum absolute atomic E-state index is 13.6. The molecule has 0 radical (unpaired) electrons. The minimum absolute atomic E-state index is 0.303. The second-order valence-corrected chi connectivity index (χ2v) is 5.67. The van der Waals surface area contributed by atoms with Gasteiger partial charge in [-0.25, -0.2) is 8.78 Å². The van der Waals surface area contributed by atoms with Crippen LogP contribution in [0.4, 0.5) is 20.2 Å². The Morgan fingerprint density at radius 2 is 1.81 bits per heavy atom. The number of aryl methyl sites for hydroxylation is 1. The van der Waals surface area contributed by atoms with Gasteiger partial charge < -0.3 is 10.6 Å². The molecule has 2 aromatic rings. The Labute approximate surface area is 151 Å². The lowest BCUT2D eigenvalue weighted by atomic mass is 10.1. The standard InChI is InChI=1S/C20H19F2N3O/c1-2-3-5-14-8-10-16(11-9-14)25-20(26)15(12-23)13-24-19-17(21)6-4-7-18(19)22/h4,6-11,13,24H,2-3,5H2,1H3,(H,25,26)/b15-13-. The smallest absolute Gasteiger partial charge is 0.267 e. The zero-order valence-corrected chi connectivity index (χ0v) is 14.4. The highest BCUT2D eigenvalue weighted by Gasteiger charge is 2.11. The third-order valence-electron chi connectivity index (χ3n) is 3.72. The number of halogens is 2. The molecule has 0 aliphatic rings. The van der Waals surface area contributed by atoms with Gasteiger partial charge in [0.1, 0.15) is 29.0 Å². The van der Waals surface area contributed by atoms with Crippen molar-refractivity contribution in [1.82, 2.24) is 0 Å². The van der Waals surface area contributed by atoms with Gasteiger partial charge in [0, 0.05) is 11.9 Å². The number of hydrogen-bond donors (Lipinski definition) is 2. The number of benzene rings is 2. The summed E-state index contributed by atoms with van der Waals surface area (Å²) in [6.07, 6.45) is 4.13. The Kier molecular flexibility index (Phi) is 6.86. The Balaban J connectivity index is 2.05. The molecular weight excluding hydrogens is 336 g/mol. The van der Waals surface area contributed by atoms with Crippen LogP contribution in [0.5, 0.6) is 0 Å². The van der Waals surface area contributed by atoms with Gasteiger partial charge in [-0.05, 0) is 42.7 Å². The van der Waals surface area contributed by atoms with E-state index in [0.717, 1.165) is 43.2 Å². The summed E-state index contributed by atoms with van der Waals surface area (Å²) in [5.74, 6) is -2.30. The van der Waals surface area contributed by atoms with Crippen molar-refractivity contribution in [2.75, 3.05) is 10.6 Å². The molecular formula is C20H19F2N3O. The lowest BCUT2D eigenvalue weighted by molar-refractivity contribution is -0.112. The van der Waals surface area contributed by atoms with Crippen LogP contribution in [0, 0.1) is 23.0 Å². The number of nitrogens with one attached hydrogen (secondary N) is 2. The fourth-order valence-corrected chi connectivity index (χ4v) is 2.26. The monoisotopic (exact) mass is 355 g/mol. The fourth-order valence-electron chi connectivity index (χ4n) is 2.26. The van der Waals surface area contributed by atoms with Crippen LogP contribution in [0.2, 0.25) is 0 Å². The van der Waals surface area contributed by atoms with Crippen molar-refractivity contribution in [2.45, 2.75) is 26.2 Å². The average molecular weight is 355 g/mol. The van der Waals surface area contributed by atoms with E-state index < -0.39 is 23.2 Å². The number of rotatable bonds is 7. The van der Waals surface area contributed by atoms with Gasteiger partial charge >= 0.3 is 0 Å². The Bertz CT molecular complexity index is 819. The lowest BCUT2D eigenvalue weighted by Gasteiger charge is -2.07. The molecule has 0 spiro atoms. The van der Waals surface area contributed by atoms with Crippen molar-refractivity contribution in [3.05, 3.63) is 71.4 Å². The van der Waals surface area contributed by atoms with Crippen molar-refractivity contribution in [2.24, 2.45) is 0 Å². The van der Waals surface area contributed by atoms with E-state index in [0.29, 0.717) is 5.69 Å². The predicted molar refractivity (Wildman–Crippen MR) is 97.4 cm³/mol. The number of para-hydroxylation sites is 1. The summed E-state index contributed by atoms with van der Waals surface area (Å²) in [7, 11) is 0. The molecule has 0 aliphatic heterocycles. The van der Waals surface area contributed by atoms with E-state index in [2.05, 4.69) is 17.6 Å². The molecule has 2 aromatic carbocycles. The molecule has 2 N–H and O–H groups in total. The lowest BCUT2D eigenvalue weighted by Crippen LogP contribution is -2.14. The first kappa shape index (κ1) is 19.1. The summed E-state index contributed by atoms with van der Waals surface area (Å²) in [6, 6.07) is 12.4. The van der Waals surface area contributed by atoms with Gasteiger partial charge in [0.05, 0.1) is 0 Å². The summed E-state index contributed by atoms with van der Waals surface area (Å²) in [5, 5.41) is 14.0. The highest BCUT2D eigenvalue weighted by molar-refractivity contribution is 6.06. The molecule has 0 unspecified atom stereocenters. The fraction of sp³-hybridized carbons (Fsp3) is 0.200. The molecule has 0 fully saturated rings. The molecule has 0 bridgehead atoms. The van der Waals surface area contributed by atoms with E-state index >= 15 is 0 Å². The van der Waals surface area contributed by atoms with Crippen LogP contribution in [0.1, 0.15) is 25.3 Å². The predicted octanol–water partition coefficient (Wildman–Crippen LogP) is 4.77. The van der Waals surface area contributed by atoms with Crippen LogP contribution in [0.25, 0.3) is 0 Å². The van der Waals surface area contributed by atoms with Crippen LogP contribution in [0.3, 0.4) is 0 Å². The second kappa shape index (κ2) is 9.33. The first-order valence-electron chi connectivity index (χ1n) is 8.26. The van der Waals surface area contributed by atoms with Crippen molar-refractivity contribution in [3.8, 4) is 6.07 Å². The molecule has 4 nitrogen and oxygen atoms in total. The summed E-state index contributed by atoms with van der Waals surface area (Å²) in [6.45, 7) is 2.12. The molecule has 1 amide bonds. The summed E-state index contributed by atoms with van der Waals surface area (Å²) < 4.78 is 27.1. The molecule has 0 aliphatic carbocycles. The highest BCUT2D eigenvalue weighted by Crippen LogP contribution is 2.18. The minimum Gasteiger partial charge on any atom is -0.355 e. The number of amides is 1. The Morgan fingerprint density at radius 1 is 1.15 bits per heavy atom. The third-order valence-corrected chi connectivity index (χ3v) is 3.72. The molecule has 2 rings (SSSR count). The molecule has 0 saturated heterocycles.